The third-order valence-corrected chi connectivity index (χ3v) is 4.77. The monoisotopic (exact) mass is 284 g/mol. The van der Waals surface area contributed by atoms with Gasteiger partial charge in [0.05, 0.1) is 0 Å². The number of hydrogen-bond donors (Lipinski definition) is 0. The molecule has 0 saturated heterocycles. The molecule has 1 aromatic rings. The van der Waals surface area contributed by atoms with Gasteiger partial charge in [-0.15, -0.1) is 11.6 Å². The first kappa shape index (κ1) is 14.2. The van der Waals surface area contributed by atoms with E-state index in [1.807, 2.05) is 12.1 Å². The number of benzene rings is 1. The minimum Gasteiger partial charge on any atom is -0.122 e. The summed E-state index contributed by atoms with van der Waals surface area (Å²) in [6, 6.07) is 8.11. The molecule has 0 nitrogen and oxygen atoms in total. The third-order valence-electron chi connectivity index (χ3n) is 4.01. The predicted molar refractivity (Wildman–Crippen MR) is 80.6 cm³/mol. The second-order valence-corrected chi connectivity index (χ2v) is 6.45. The molecule has 0 heterocycles. The maximum absolute atomic E-state index is 6.63. The van der Waals surface area contributed by atoms with Gasteiger partial charge in [0.15, 0.2) is 0 Å². The molecular formula is C16H22Cl2. The summed E-state index contributed by atoms with van der Waals surface area (Å²) in [5.74, 6) is 0.697. The Hall–Kier alpha value is -0.200. The first-order valence-electron chi connectivity index (χ1n) is 7.14. The van der Waals surface area contributed by atoms with Crippen LogP contribution in [-0.2, 0) is 6.42 Å². The van der Waals surface area contributed by atoms with Gasteiger partial charge in [-0.3, -0.25) is 0 Å². The van der Waals surface area contributed by atoms with Crippen molar-refractivity contribution in [1.82, 2.24) is 0 Å². The molecule has 100 valence electrons. The molecule has 1 unspecified atom stereocenters. The van der Waals surface area contributed by atoms with Gasteiger partial charge in [-0.05, 0) is 42.9 Å². The fraction of sp³-hybridized carbons (Fsp3) is 0.625. The minimum atomic E-state index is 0.282. The molecular weight excluding hydrogens is 263 g/mol. The van der Waals surface area contributed by atoms with E-state index in [1.165, 1.54) is 50.5 Å². The van der Waals surface area contributed by atoms with E-state index in [2.05, 4.69) is 12.1 Å². The molecule has 0 radical (unpaired) electrons. The van der Waals surface area contributed by atoms with Crippen LogP contribution in [0.4, 0.5) is 0 Å². The molecule has 1 aromatic carbocycles. The Morgan fingerprint density at radius 2 is 1.50 bits per heavy atom. The van der Waals surface area contributed by atoms with E-state index >= 15 is 0 Å². The third kappa shape index (κ3) is 4.48. The van der Waals surface area contributed by atoms with Gasteiger partial charge in [-0.2, -0.15) is 0 Å². The topological polar surface area (TPSA) is 0 Å². The van der Waals surface area contributed by atoms with Gasteiger partial charge in [-0.1, -0.05) is 55.8 Å². The van der Waals surface area contributed by atoms with Gasteiger partial charge in [0.1, 0.15) is 0 Å². The summed E-state index contributed by atoms with van der Waals surface area (Å²) in [5.41, 5.74) is 1.31. The van der Waals surface area contributed by atoms with Crippen LogP contribution in [0.1, 0.15) is 50.5 Å². The highest BCUT2D eigenvalue weighted by Gasteiger charge is 2.20. The van der Waals surface area contributed by atoms with Crippen molar-refractivity contribution in [3.63, 3.8) is 0 Å². The first-order chi connectivity index (χ1) is 8.75. The van der Waals surface area contributed by atoms with Crippen LogP contribution in [0, 0.1) is 5.92 Å². The van der Waals surface area contributed by atoms with Crippen LogP contribution < -0.4 is 0 Å². The van der Waals surface area contributed by atoms with Crippen LogP contribution in [0.3, 0.4) is 0 Å². The molecule has 0 aromatic heterocycles. The lowest BCUT2D eigenvalue weighted by molar-refractivity contribution is 0.364. The zero-order valence-corrected chi connectivity index (χ0v) is 12.4. The molecule has 1 aliphatic carbocycles. The van der Waals surface area contributed by atoms with E-state index in [0.29, 0.717) is 5.92 Å². The Kier molecular flexibility index (Phi) is 5.85. The second kappa shape index (κ2) is 7.40. The summed E-state index contributed by atoms with van der Waals surface area (Å²) in [6.07, 6.45) is 10.5. The van der Waals surface area contributed by atoms with Gasteiger partial charge in [0.2, 0.25) is 0 Å². The lowest BCUT2D eigenvalue weighted by Gasteiger charge is -2.24. The predicted octanol–water partition coefficient (Wildman–Crippen LogP) is 5.85. The SMILES string of the molecule is Clc1ccc(CC(Cl)C2CCCCCCC2)cc1. The molecule has 1 saturated carbocycles. The molecule has 2 rings (SSSR count). The minimum absolute atomic E-state index is 0.282. The Labute approximate surface area is 121 Å². The van der Waals surface area contributed by atoms with Gasteiger partial charge in [0.25, 0.3) is 0 Å². The van der Waals surface area contributed by atoms with Crippen molar-refractivity contribution in [2.24, 2.45) is 5.92 Å². The molecule has 2 heteroatoms. The molecule has 1 atom stereocenters. The summed E-state index contributed by atoms with van der Waals surface area (Å²) >= 11 is 12.5. The van der Waals surface area contributed by atoms with Crippen molar-refractivity contribution >= 4 is 23.2 Å². The largest absolute Gasteiger partial charge is 0.122 e. The van der Waals surface area contributed by atoms with Crippen LogP contribution in [0.25, 0.3) is 0 Å². The van der Waals surface area contributed by atoms with Crippen molar-refractivity contribution in [3.8, 4) is 0 Å². The van der Waals surface area contributed by atoms with Crippen LogP contribution >= 0.6 is 23.2 Å². The molecule has 0 amide bonds. The average Bonchev–Trinajstić information content (AvgIpc) is 2.31. The summed E-state index contributed by atoms with van der Waals surface area (Å²) in [4.78, 5) is 0. The smallest absolute Gasteiger partial charge is 0.0406 e. The van der Waals surface area contributed by atoms with E-state index in [0.717, 1.165) is 11.4 Å². The normalized spacial score (nSPS) is 20.1. The summed E-state index contributed by atoms with van der Waals surface area (Å²) < 4.78 is 0. The van der Waals surface area contributed by atoms with Crippen molar-refractivity contribution in [1.29, 1.82) is 0 Å². The highest BCUT2D eigenvalue weighted by Crippen LogP contribution is 2.29. The number of halogens is 2. The van der Waals surface area contributed by atoms with Crippen LogP contribution in [0.15, 0.2) is 24.3 Å². The Bertz CT molecular complexity index is 337. The molecule has 0 N–H and O–H groups in total. The molecule has 1 aliphatic rings. The zero-order chi connectivity index (χ0) is 12.8. The van der Waals surface area contributed by atoms with Gasteiger partial charge in [0, 0.05) is 10.4 Å². The molecule has 1 fully saturated rings. The highest BCUT2D eigenvalue weighted by atomic mass is 35.5. The lowest BCUT2D eigenvalue weighted by Crippen LogP contribution is -2.18. The molecule has 0 spiro atoms. The second-order valence-electron chi connectivity index (χ2n) is 5.45. The maximum Gasteiger partial charge on any atom is 0.0406 e. The Morgan fingerprint density at radius 3 is 2.11 bits per heavy atom. The first-order valence-corrected chi connectivity index (χ1v) is 7.95. The van der Waals surface area contributed by atoms with Gasteiger partial charge < -0.3 is 0 Å². The number of rotatable bonds is 3. The summed E-state index contributed by atoms with van der Waals surface area (Å²) in [7, 11) is 0. The fourth-order valence-corrected chi connectivity index (χ4v) is 3.42. The molecule has 0 aliphatic heterocycles. The van der Waals surface area contributed by atoms with Crippen molar-refractivity contribution in [2.75, 3.05) is 0 Å². The summed E-state index contributed by atoms with van der Waals surface area (Å²) in [5, 5.41) is 1.08. The van der Waals surface area contributed by atoms with Crippen molar-refractivity contribution in [2.45, 2.75) is 56.7 Å². The quantitative estimate of drug-likeness (QED) is 0.611. The van der Waals surface area contributed by atoms with E-state index in [4.69, 9.17) is 23.2 Å². The van der Waals surface area contributed by atoms with Crippen LogP contribution in [-0.4, -0.2) is 5.38 Å². The zero-order valence-electron chi connectivity index (χ0n) is 10.9. The Balaban J connectivity index is 1.89. The van der Waals surface area contributed by atoms with E-state index in [-0.39, 0.29) is 5.38 Å². The van der Waals surface area contributed by atoms with Crippen LogP contribution in [0.2, 0.25) is 5.02 Å². The van der Waals surface area contributed by atoms with Crippen LogP contribution in [0.5, 0.6) is 0 Å². The van der Waals surface area contributed by atoms with Crippen molar-refractivity contribution < 1.29 is 0 Å². The molecule has 18 heavy (non-hydrogen) atoms. The fourth-order valence-electron chi connectivity index (χ4n) is 2.86. The standard InChI is InChI=1S/C16H22Cl2/c17-15-10-8-13(9-11-15)12-16(18)14-6-4-2-1-3-5-7-14/h8-11,14,16H,1-7,12H2. The number of alkyl halides is 1. The van der Waals surface area contributed by atoms with E-state index in [9.17, 15) is 0 Å². The number of hydrogen-bond acceptors (Lipinski definition) is 0. The van der Waals surface area contributed by atoms with Gasteiger partial charge >= 0.3 is 0 Å². The molecule has 0 bridgehead atoms. The van der Waals surface area contributed by atoms with E-state index < -0.39 is 0 Å². The van der Waals surface area contributed by atoms with Gasteiger partial charge in [-0.25, -0.2) is 0 Å². The maximum atomic E-state index is 6.63. The average molecular weight is 285 g/mol. The van der Waals surface area contributed by atoms with E-state index in [1.54, 1.807) is 0 Å². The lowest BCUT2D eigenvalue weighted by atomic mass is 9.86. The van der Waals surface area contributed by atoms with Crippen molar-refractivity contribution in [3.05, 3.63) is 34.9 Å². The highest BCUT2D eigenvalue weighted by molar-refractivity contribution is 6.30. The summed E-state index contributed by atoms with van der Waals surface area (Å²) in [6.45, 7) is 0. The Morgan fingerprint density at radius 1 is 0.944 bits per heavy atom.